The number of aryl methyl sites for hydroxylation is 1. The molecule has 0 aliphatic carbocycles. The van der Waals surface area contributed by atoms with Gasteiger partial charge < -0.3 is 9.64 Å². The zero-order chi connectivity index (χ0) is 13.8. The lowest BCUT2D eigenvalue weighted by molar-refractivity contribution is -0.145. The Morgan fingerprint density at radius 3 is 2.28 bits per heavy atom. The van der Waals surface area contributed by atoms with Crippen molar-refractivity contribution in [3.63, 3.8) is 0 Å². The first-order chi connectivity index (χ1) is 8.43. The zero-order valence-corrected chi connectivity index (χ0v) is 12.0. The number of esters is 1. The summed E-state index contributed by atoms with van der Waals surface area (Å²) in [5.41, 5.74) is 1.68. The molecule has 0 heterocycles. The van der Waals surface area contributed by atoms with Crippen molar-refractivity contribution in [1.29, 1.82) is 0 Å². The van der Waals surface area contributed by atoms with Crippen LogP contribution in [0.15, 0.2) is 24.3 Å². The second-order valence-corrected chi connectivity index (χ2v) is 5.03. The second-order valence-electron chi connectivity index (χ2n) is 5.03. The molecule has 3 heteroatoms. The van der Waals surface area contributed by atoms with Gasteiger partial charge in [0.1, 0.15) is 5.54 Å². The lowest BCUT2D eigenvalue weighted by atomic mass is 10.0. The number of anilines is 1. The molecule has 0 saturated heterocycles. The smallest absolute Gasteiger partial charge is 0.331 e. The molecule has 0 unspecified atom stereocenters. The molecule has 100 valence electrons. The first kappa shape index (κ1) is 14.6. The van der Waals surface area contributed by atoms with E-state index in [-0.39, 0.29) is 5.97 Å². The quantitative estimate of drug-likeness (QED) is 0.751. The third-order valence-corrected chi connectivity index (χ3v) is 3.39. The molecule has 0 saturated carbocycles. The molecule has 0 radical (unpaired) electrons. The first-order valence-electron chi connectivity index (χ1n) is 6.34. The summed E-state index contributed by atoms with van der Waals surface area (Å²) in [4.78, 5) is 13.7. The van der Waals surface area contributed by atoms with Crippen LogP contribution in [-0.2, 0) is 16.0 Å². The van der Waals surface area contributed by atoms with Gasteiger partial charge in [-0.25, -0.2) is 4.79 Å². The Bertz CT molecular complexity index is 395. The summed E-state index contributed by atoms with van der Waals surface area (Å²) < 4.78 is 4.84. The van der Waals surface area contributed by atoms with E-state index in [4.69, 9.17) is 4.74 Å². The van der Waals surface area contributed by atoms with Crippen LogP contribution in [0.5, 0.6) is 0 Å². The fourth-order valence-corrected chi connectivity index (χ4v) is 1.88. The van der Waals surface area contributed by atoms with Gasteiger partial charge in [0.05, 0.1) is 7.11 Å². The van der Waals surface area contributed by atoms with E-state index >= 15 is 0 Å². The zero-order valence-electron chi connectivity index (χ0n) is 12.0. The molecule has 1 aromatic carbocycles. The molecule has 0 bridgehead atoms. The monoisotopic (exact) mass is 249 g/mol. The van der Waals surface area contributed by atoms with Gasteiger partial charge in [-0.3, -0.25) is 0 Å². The number of benzene rings is 1. The van der Waals surface area contributed by atoms with Crippen LogP contribution in [0.2, 0.25) is 0 Å². The molecule has 1 rings (SSSR count). The molecule has 1 aromatic rings. The maximum atomic E-state index is 11.8. The fourth-order valence-electron chi connectivity index (χ4n) is 1.88. The SMILES string of the molecule is CCCc1ccc(N(C)C(C)(C)C(=O)OC)cc1. The number of hydrogen-bond donors (Lipinski definition) is 0. The predicted molar refractivity (Wildman–Crippen MR) is 74.9 cm³/mol. The summed E-state index contributed by atoms with van der Waals surface area (Å²) in [7, 11) is 3.33. The summed E-state index contributed by atoms with van der Waals surface area (Å²) in [5, 5.41) is 0. The van der Waals surface area contributed by atoms with E-state index in [2.05, 4.69) is 31.2 Å². The minimum atomic E-state index is -0.666. The fraction of sp³-hybridized carbons (Fsp3) is 0.533. The van der Waals surface area contributed by atoms with Gasteiger partial charge in [0, 0.05) is 12.7 Å². The summed E-state index contributed by atoms with van der Waals surface area (Å²) in [6.07, 6.45) is 2.23. The molecule has 0 aromatic heterocycles. The van der Waals surface area contributed by atoms with Crippen molar-refractivity contribution in [2.45, 2.75) is 39.2 Å². The number of nitrogens with zero attached hydrogens (tertiary/aromatic N) is 1. The first-order valence-corrected chi connectivity index (χ1v) is 6.34. The Morgan fingerprint density at radius 2 is 1.83 bits per heavy atom. The second kappa shape index (κ2) is 5.89. The molecule has 0 atom stereocenters. The lowest BCUT2D eigenvalue weighted by Gasteiger charge is -2.34. The maximum Gasteiger partial charge on any atom is 0.331 e. The highest BCUT2D eigenvalue weighted by molar-refractivity contribution is 5.84. The van der Waals surface area contributed by atoms with Crippen molar-refractivity contribution in [2.24, 2.45) is 0 Å². The minimum Gasteiger partial charge on any atom is -0.467 e. The maximum absolute atomic E-state index is 11.8. The van der Waals surface area contributed by atoms with E-state index in [0.717, 1.165) is 18.5 Å². The molecular weight excluding hydrogens is 226 g/mol. The molecule has 0 amide bonds. The highest BCUT2D eigenvalue weighted by Gasteiger charge is 2.33. The Hall–Kier alpha value is -1.51. The normalized spacial score (nSPS) is 11.2. The lowest BCUT2D eigenvalue weighted by Crippen LogP contribution is -2.48. The third-order valence-electron chi connectivity index (χ3n) is 3.39. The Labute approximate surface area is 110 Å². The number of rotatable bonds is 5. The van der Waals surface area contributed by atoms with Gasteiger partial charge in [-0.1, -0.05) is 25.5 Å². The predicted octanol–water partition coefficient (Wildman–Crippen LogP) is 3.03. The van der Waals surface area contributed by atoms with Crippen molar-refractivity contribution >= 4 is 11.7 Å². The largest absolute Gasteiger partial charge is 0.467 e. The molecule has 0 aliphatic rings. The van der Waals surface area contributed by atoms with Crippen LogP contribution in [0, 0.1) is 0 Å². The van der Waals surface area contributed by atoms with Crippen LogP contribution in [0.1, 0.15) is 32.8 Å². The standard InChI is InChI=1S/C15H23NO2/c1-6-7-12-8-10-13(11-9-12)16(4)15(2,3)14(17)18-5/h8-11H,6-7H2,1-5H3. The van der Waals surface area contributed by atoms with Gasteiger partial charge in [-0.15, -0.1) is 0 Å². The summed E-state index contributed by atoms with van der Waals surface area (Å²) >= 11 is 0. The van der Waals surface area contributed by atoms with Gasteiger partial charge in [0.25, 0.3) is 0 Å². The van der Waals surface area contributed by atoms with E-state index in [1.54, 1.807) is 0 Å². The number of likely N-dealkylation sites (N-methyl/N-ethyl adjacent to an activating group) is 1. The minimum absolute atomic E-state index is 0.234. The molecule has 0 fully saturated rings. The van der Waals surface area contributed by atoms with Crippen LogP contribution >= 0.6 is 0 Å². The summed E-state index contributed by atoms with van der Waals surface area (Å²) in [5.74, 6) is -0.234. The highest BCUT2D eigenvalue weighted by atomic mass is 16.5. The van der Waals surface area contributed by atoms with Crippen LogP contribution in [0.4, 0.5) is 5.69 Å². The Kier molecular flexibility index (Phi) is 4.76. The van der Waals surface area contributed by atoms with E-state index < -0.39 is 5.54 Å². The molecule has 0 aliphatic heterocycles. The van der Waals surface area contributed by atoms with Crippen molar-refractivity contribution in [2.75, 3.05) is 19.1 Å². The van der Waals surface area contributed by atoms with Crippen LogP contribution in [0.25, 0.3) is 0 Å². The van der Waals surface area contributed by atoms with Gasteiger partial charge >= 0.3 is 5.97 Å². The summed E-state index contributed by atoms with van der Waals surface area (Å²) in [6.45, 7) is 5.89. The average Bonchev–Trinajstić information content (AvgIpc) is 2.38. The highest BCUT2D eigenvalue weighted by Crippen LogP contribution is 2.23. The van der Waals surface area contributed by atoms with Crippen LogP contribution in [-0.4, -0.2) is 25.7 Å². The molecule has 3 nitrogen and oxygen atoms in total. The Balaban J connectivity index is 2.89. The van der Waals surface area contributed by atoms with Gasteiger partial charge in [0.2, 0.25) is 0 Å². The van der Waals surface area contributed by atoms with Crippen molar-refractivity contribution in [3.8, 4) is 0 Å². The van der Waals surface area contributed by atoms with Crippen molar-refractivity contribution in [3.05, 3.63) is 29.8 Å². The number of carbonyl (C=O) groups excluding carboxylic acids is 1. The number of ether oxygens (including phenoxy) is 1. The molecule has 0 spiro atoms. The van der Waals surface area contributed by atoms with Crippen LogP contribution in [0.3, 0.4) is 0 Å². The Morgan fingerprint density at radius 1 is 1.28 bits per heavy atom. The van der Waals surface area contributed by atoms with Gasteiger partial charge in [-0.2, -0.15) is 0 Å². The van der Waals surface area contributed by atoms with Gasteiger partial charge in [0.15, 0.2) is 0 Å². The third kappa shape index (κ3) is 3.03. The van der Waals surface area contributed by atoms with E-state index in [1.165, 1.54) is 12.7 Å². The van der Waals surface area contributed by atoms with Crippen molar-refractivity contribution in [1.82, 2.24) is 0 Å². The number of methoxy groups -OCH3 is 1. The molecule has 18 heavy (non-hydrogen) atoms. The average molecular weight is 249 g/mol. The van der Waals surface area contributed by atoms with E-state index in [1.807, 2.05) is 25.8 Å². The van der Waals surface area contributed by atoms with E-state index in [9.17, 15) is 4.79 Å². The molecule has 0 N–H and O–H groups in total. The van der Waals surface area contributed by atoms with Gasteiger partial charge in [-0.05, 0) is 38.0 Å². The van der Waals surface area contributed by atoms with Crippen LogP contribution < -0.4 is 4.90 Å². The van der Waals surface area contributed by atoms with Crippen molar-refractivity contribution < 1.29 is 9.53 Å². The number of carbonyl (C=O) groups is 1. The number of hydrogen-bond acceptors (Lipinski definition) is 3. The topological polar surface area (TPSA) is 29.5 Å². The van der Waals surface area contributed by atoms with E-state index in [0.29, 0.717) is 0 Å². The molecular formula is C15H23NO2. The summed E-state index contributed by atoms with van der Waals surface area (Å²) in [6, 6.07) is 8.33.